The second-order valence-corrected chi connectivity index (χ2v) is 6.97. The molecule has 0 aliphatic rings. The molecule has 0 fully saturated rings. The van der Waals surface area contributed by atoms with Crippen molar-refractivity contribution in [2.24, 2.45) is 5.73 Å². The third kappa shape index (κ3) is 5.71. The van der Waals surface area contributed by atoms with Crippen LogP contribution in [0.3, 0.4) is 0 Å². The highest BCUT2D eigenvalue weighted by Gasteiger charge is 2.39. The van der Waals surface area contributed by atoms with Crippen LogP contribution in [0.1, 0.15) is 5.89 Å². The van der Waals surface area contributed by atoms with Crippen molar-refractivity contribution in [1.29, 1.82) is 0 Å². The van der Waals surface area contributed by atoms with Crippen molar-refractivity contribution in [3.8, 4) is 34.2 Å². The zero-order chi connectivity index (χ0) is 24.2. The first kappa shape index (κ1) is 23.9. The number of hydrogen-bond donors (Lipinski definition) is 1. The van der Waals surface area contributed by atoms with E-state index in [0.717, 1.165) is 0 Å². The van der Waals surface area contributed by atoms with Gasteiger partial charge in [-0.05, 0) is 30.3 Å². The van der Waals surface area contributed by atoms with Crippen LogP contribution in [0.25, 0.3) is 22.6 Å². The Morgan fingerprint density at radius 2 is 1.79 bits per heavy atom. The van der Waals surface area contributed by atoms with Gasteiger partial charge in [0.2, 0.25) is 5.88 Å². The number of alkyl halides is 3. The van der Waals surface area contributed by atoms with Crippen LogP contribution in [-0.4, -0.2) is 60.4 Å². The molecule has 33 heavy (non-hydrogen) atoms. The number of benzene rings is 1. The number of oxazole rings is 1. The molecule has 176 valence electrons. The van der Waals surface area contributed by atoms with E-state index in [1.54, 1.807) is 44.4 Å². The number of primary amides is 1. The van der Waals surface area contributed by atoms with Gasteiger partial charge in [0.25, 0.3) is 0 Å². The number of urea groups is 1. The summed E-state index contributed by atoms with van der Waals surface area (Å²) in [6.07, 6.45) is -3.40. The summed E-state index contributed by atoms with van der Waals surface area (Å²) in [5.74, 6) is -0.664. The highest BCUT2D eigenvalue weighted by atomic mass is 19.4. The van der Waals surface area contributed by atoms with E-state index in [1.165, 1.54) is 29.4 Å². The lowest BCUT2D eigenvalue weighted by atomic mass is 10.1. The van der Waals surface area contributed by atoms with E-state index in [0.29, 0.717) is 22.8 Å². The largest absolute Gasteiger partial charge is 0.492 e. The average molecular weight is 465 g/mol. The number of methoxy groups -OCH3 is 1. The molecule has 0 bridgehead atoms. The summed E-state index contributed by atoms with van der Waals surface area (Å²) < 4.78 is 55.5. The van der Waals surface area contributed by atoms with E-state index in [-0.39, 0.29) is 24.6 Å². The Hall–Kier alpha value is -3.80. The van der Waals surface area contributed by atoms with Crippen LogP contribution >= 0.6 is 0 Å². The van der Waals surface area contributed by atoms with Crippen LogP contribution in [0.5, 0.6) is 11.6 Å². The quantitative estimate of drug-likeness (QED) is 0.506. The third-order valence-corrected chi connectivity index (χ3v) is 4.51. The van der Waals surface area contributed by atoms with Gasteiger partial charge >= 0.3 is 18.1 Å². The van der Waals surface area contributed by atoms with Crippen LogP contribution in [0.4, 0.5) is 18.0 Å². The number of amides is 2. The van der Waals surface area contributed by atoms with Crippen LogP contribution in [0.15, 0.2) is 47.0 Å². The van der Waals surface area contributed by atoms with Crippen molar-refractivity contribution in [2.45, 2.75) is 6.18 Å². The second kappa shape index (κ2) is 9.77. The van der Waals surface area contributed by atoms with Crippen LogP contribution in [0, 0.1) is 0 Å². The lowest BCUT2D eigenvalue weighted by Gasteiger charge is -2.26. The maximum atomic E-state index is 13.3. The Morgan fingerprint density at radius 1 is 1.12 bits per heavy atom. The van der Waals surface area contributed by atoms with Crippen molar-refractivity contribution in [1.82, 2.24) is 20.0 Å². The smallest absolute Gasteiger partial charge is 0.468 e. The fourth-order valence-corrected chi connectivity index (χ4v) is 2.93. The molecule has 2 amide bonds. The topological polar surface area (TPSA) is 107 Å². The highest BCUT2D eigenvalue weighted by molar-refractivity contribution is 5.77. The molecule has 0 aliphatic carbocycles. The molecule has 0 radical (unpaired) electrons. The fraction of sp³-hybridized carbons (Fsp3) is 0.286. The summed E-state index contributed by atoms with van der Waals surface area (Å²) in [5.41, 5.74) is 5.99. The van der Waals surface area contributed by atoms with E-state index in [2.05, 4.69) is 9.97 Å². The lowest BCUT2D eigenvalue weighted by Crippen LogP contribution is -2.47. The SMILES string of the molecule is COc1ccc(-c2nc(C(F)(F)F)oc2-c2ccc(OCCN(C(N)=O)N(C)C)cc2)cn1. The van der Waals surface area contributed by atoms with E-state index >= 15 is 0 Å². The molecule has 1 aromatic carbocycles. The van der Waals surface area contributed by atoms with E-state index in [1.807, 2.05) is 0 Å². The van der Waals surface area contributed by atoms with Crippen molar-refractivity contribution in [3.05, 3.63) is 48.5 Å². The van der Waals surface area contributed by atoms with Gasteiger partial charge in [0.05, 0.1) is 13.7 Å². The summed E-state index contributed by atoms with van der Waals surface area (Å²) in [5, 5.41) is 2.82. The molecule has 3 aromatic rings. The number of rotatable bonds is 8. The number of pyridine rings is 1. The number of nitrogens with two attached hydrogens (primary N) is 1. The van der Waals surface area contributed by atoms with Gasteiger partial charge in [0, 0.05) is 37.5 Å². The molecule has 0 spiro atoms. The number of aromatic nitrogens is 2. The number of carbonyl (C=O) groups is 1. The Kier molecular flexibility index (Phi) is 7.07. The monoisotopic (exact) mass is 465 g/mol. The minimum absolute atomic E-state index is 0.00534. The van der Waals surface area contributed by atoms with E-state index in [9.17, 15) is 18.0 Å². The Balaban J connectivity index is 1.83. The first-order valence-corrected chi connectivity index (χ1v) is 9.66. The van der Waals surface area contributed by atoms with Gasteiger partial charge in [-0.15, -0.1) is 0 Å². The van der Waals surface area contributed by atoms with Crippen LogP contribution < -0.4 is 15.2 Å². The molecule has 3 rings (SSSR count). The number of ether oxygens (including phenoxy) is 2. The first-order valence-electron chi connectivity index (χ1n) is 9.66. The van der Waals surface area contributed by atoms with E-state index < -0.39 is 18.1 Å². The standard InChI is InChI=1S/C21H22F3N5O4/c1-28(2)29(20(25)30)10-11-32-15-7-4-13(5-8-15)18-17(27-19(33-18)21(22,23)24)14-6-9-16(31-3)26-12-14/h4-9,12H,10-11H2,1-3H3,(H2,25,30). The van der Waals surface area contributed by atoms with Gasteiger partial charge in [-0.3, -0.25) is 5.01 Å². The number of halogens is 3. The second-order valence-electron chi connectivity index (χ2n) is 6.97. The zero-order valence-electron chi connectivity index (χ0n) is 18.1. The fourth-order valence-electron chi connectivity index (χ4n) is 2.93. The maximum Gasteiger partial charge on any atom is 0.468 e. The molecule has 0 saturated carbocycles. The molecule has 12 heteroatoms. The molecule has 0 saturated heterocycles. The predicted octanol–water partition coefficient (Wildman–Crippen LogP) is 3.67. The Labute approximate surface area is 187 Å². The van der Waals surface area contributed by atoms with Crippen LogP contribution in [-0.2, 0) is 6.18 Å². The normalized spacial score (nSPS) is 11.5. The molecule has 0 aliphatic heterocycles. The van der Waals surface area contributed by atoms with Crippen molar-refractivity contribution >= 4 is 6.03 Å². The van der Waals surface area contributed by atoms with Gasteiger partial charge in [0.1, 0.15) is 18.1 Å². The minimum Gasteiger partial charge on any atom is -0.492 e. The van der Waals surface area contributed by atoms with Crippen molar-refractivity contribution in [2.75, 3.05) is 34.4 Å². The average Bonchev–Trinajstić information content (AvgIpc) is 3.23. The summed E-state index contributed by atoms with van der Waals surface area (Å²) in [6, 6.07) is 8.69. The summed E-state index contributed by atoms with van der Waals surface area (Å²) >= 11 is 0. The van der Waals surface area contributed by atoms with Crippen LogP contribution in [0.2, 0.25) is 0 Å². The number of carbonyl (C=O) groups excluding carboxylic acids is 1. The van der Waals surface area contributed by atoms with Gasteiger partial charge < -0.3 is 19.6 Å². The molecule has 2 N–H and O–H groups in total. The molecular formula is C21H22F3N5O4. The molecule has 0 unspecified atom stereocenters. The Morgan fingerprint density at radius 3 is 2.30 bits per heavy atom. The van der Waals surface area contributed by atoms with Gasteiger partial charge in [-0.25, -0.2) is 19.8 Å². The van der Waals surface area contributed by atoms with Gasteiger partial charge in [-0.1, -0.05) is 0 Å². The number of hydrazine groups is 1. The number of hydrogen-bond acceptors (Lipinski definition) is 7. The molecule has 2 aromatic heterocycles. The first-order chi connectivity index (χ1) is 15.6. The maximum absolute atomic E-state index is 13.3. The highest BCUT2D eigenvalue weighted by Crippen LogP contribution is 2.38. The summed E-state index contributed by atoms with van der Waals surface area (Å²) in [7, 11) is 4.77. The minimum atomic E-state index is -4.76. The van der Waals surface area contributed by atoms with Crippen molar-refractivity contribution in [3.63, 3.8) is 0 Å². The van der Waals surface area contributed by atoms with Gasteiger partial charge in [-0.2, -0.15) is 13.2 Å². The zero-order valence-corrected chi connectivity index (χ0v) is 18.1. The summed E-state index contributed by atoms with van der Waals surface area (Å²) in [6.45, 7) is 0.375. The molecular weight excluding hydrogens is 443 g/mol. The van der Waals surface area contributed by atoms with Crippen molar-refractivity contribution < 1.29 is 31.9 Å². The molecule has 0 atom stereocenters. The third-order valence-electron chi connectivity index (χ3n) is 4.51. The molecule has 9 nitrogen and oxygen atoms in total. The lowest BCUT2D eigenvalue weighted by molar-refractivity contribution is -0.156. The Bertz CT molecular complexity index is 1080. The summed E-state index contributed by atoms with van der Waals surface area (Å²) in [4.78, 5) is 19.1. The number of nitrogens with zero attached hydrogens (tertiary/aromatic N) is 4. The van der Waals surface area contributed by atoms with E-state index in [4.69, 9.17) is 19.6 Å². The molecule has 2 heterocycles. The van der Waals surface area contributed by atoms with Gasteiger partial charge in [0.15, 0.2) is 5.76 Å². The predicted molar refractivity (Wildman–Crippen MR) is 112 cm³/mol.